The number of nitrogens with zero attached hydrogens (tertiary/aromatic N) is 2. The summed E-state index contributed by atoms with van der Waals surface area (Å²) in [6.45, 7) is 1.25. The molecule has 2 amide bonds. The molecule has 0 aliphatic rings. The zero-order chi connectivity index (χ0) is 34.6. The Morgan fingerprint density at radius 1 is 0.750 bits per heavy atom. The van der Waals surface area contributed by atoms with Gasteiger partial charge in [0.2, 0.25) is 0 Å². The number of esters is 2. The number of hydrazone groups is 1. The molecule has 0 aliphatic carbocycles. The zero-order valence-electron chi connectivity index (χ0n) is 25.8. The van der Waals surface area contributed by atoms with Crippen LogP contribution in [0.2, 0.25) is 0 Å². The fourth-order valence-corrected chi connectivity index (χ4v) is 4.08. The number of nitro groups is 1. The van der Waals surface area contributed by atoms with Crippen molar-refractivity contribution < 1.29 is 43.0 Å². The molecule has 0 fully saturated rings. The molecule has 0 spiro atoms. The van der Waals surface area contributed by atoms with E-state index in [0.717, 1.165) is 0 Å². The van der Waals surface area contributed by atoms with Crippen LogP contribution in [0.25, 0.3) is 6.08 Å². The van der Waals surface area contributed by atoms with Crippen molar-refractivity contribution in [2.24, 2.45) is 5.10 Å². The topological polar surface area (TPSA) is 185 Å². The molecule has 14 nitrogen and oxygen atoms in total. The normalized spacial score (nSPS) is 10.7. The van der Waals surface area contributed by atoms with Crippen molar-refractivity contribution in [3.8, 4) is 23.0 Å². The van der Waals surface area contributed by atoms with Gasteiger partial charge in [0.05, 0.1) is 25.4 Å². The third-order valence-corrected chi connectivity index (χ3v) is 6.36. The summed E-state index contributed by atoms with van der Waals surface area (Å²) in [7, 11) is 2.77. The molecule has 0 radical (unpaired) electrons. The first-order chi connectivity index (χ1) is 23.1. The Morgan fingerprint density at radius 3 is 2.08 bits per heavy atom. The lowest BCUT2D eigenvalue weighted by atomic mass is 10.1. The van der Waals surface area contributed by atoms with Gasteiger partial charge in [0.25, 0.3) is 17.5 Å². The van der Waals surface area contributed by atoms with E-state index in [-0.39, 0.29) is 39.8 Å². The lowest BCUT2D eigenvalue weighted by molar-refractivity contribution is -0.384. The van der Waals surface area contributed by atoms with Crippen LogP contribution in [0.1, 0.15) is 38.8 Å². The van der Waals surface area contributed by atoms with E-state index in [1.54, 1.807) is 30.3 Å². The highest BCUT2D eigenvalue weighted by atomic mass is 16.6. The highest BCUT2D eigenvalue weighted by Crippen LogP contribution is 2.29. The van der Waals surface area contributed by atoms with E-state index in [1.807, 2.05) is 0 Å². The summed E-state index contributed by atoms with van der Waals surface area (Å²) >= 11 is 0. The van der Waals surface area contributed by atoms with E-state index in [4.69, 9.17) is 18.9 Å². The first-order valence-electron chi connectivity index (χ1n) is 14.0. The van der Waals surface area contributed by atoms with Crippen LogP contribution in [0, 0.1) is 10.1 Å². The lowest BCUT2D eigenvalue weighted by Crippen LogP contribution is -2.18. The van der Waals surface area contributed by atoms with Crippen molar-refractivity contribution in [2.75, 3.05) is 19.5 Å². The van der Waals surface area contributed by atoms with Crippen LogP contribution in [0.4, 0.5) is 11.4 Å². The van der Waals surface area contributed by atoms with Gasteiger partial charge in [-0.2, -0.15) is 5.10 Å². The number of amides is 2. The maximum Gasteiger partial charge on any atom is 0.336 e. The van der Waals surface area contributed by atoms with Gasteiger partial charge in [-0.3, -0.25) is 24.5 Å². The summed E-state index contributed by atoms with van der Waals surface area (Å²) in [5.74, 6) is -1.53. The maximum absolute atomic E-state index is 12.8. The quantitative estimate of drug-likeness (QED) is 0.0517. The Labute approximate surface area is 273 Å². The molecule has 0 heterocycles. The summed E-state index contributed by atoms with van der Waals surface area (Å²) in [4.78, 5) is 59.4. The number of nitro benzene ring substituents is 1. The molecule has 4 rings (SSSR count). The SMILES string of the molecule is COc1cc(C(=O)Nc2cccc(C(=O)NN=Cc3ccc(OC(=O)/C=C/c4ccc([N+](=O)[O-])cc4)c(OC)c3)c2)ccc1OC(C)=O. The van der Waals surface area contributed by atoms with Crippen LogP contribution in [0.5, 0.6) is 23.0 Å². The summed E-state index contributed by atoms with van der Waals surface area (Å²) in [6, 6.07) is 20.8. The van der Waals surface area contributed by atoms with Crippen molar-refractivity contribution in [1.82, 2.24) is 5.43 Å². The second-order valence-corrected chi connectivity index (χ2v) is 9.71. The molecule has 0 unspecified atom stereocenters. The molecule has 4 aromatic rings. The minimum absolute atomic E-state index is 0.0665. The maximum atomic E-state index is 12.8. The number of anilines is 1. The Bertz CT molecular complexity index is 1920. The third kappa shape index (κ3) is 9.34. The van der Waals surface area contributed by atoms with Gasteiger partial charge in [0.1, 0.15) is 0 Å². The van der Waals surface area contributed by atoms with Gasteiger partial charge in [-0.25, -0.2) is 10.2 Å². The van der Waals surface area contributed by atoms with Gasteiger partial charge in [-0.1, -0.05) is 6.07 Å². The highest BCUT2D eigenvalue weighted by molar-refractivity contribution is 6.05. The van der Waals surface area contributed by atoms with E-state index in [0.29, 0.717) is 16.8 Å². The molecule has 0 saturated carbocycles. The van der Waals surface area contributed by atoms with Crippen molar-refractivity contribution >= 4 is 47.4 Å². The number of ether oxygens (including phenoxy) is 4. The van der Waals surface area contributed by atoms with Gasteiger partial charge in [-0.05, 0) is 83.9 Å². The largest absolute Gasteiger partial charge is 0.493 e. The zero-order valence-corrected chi connectivity index (χ0v) is 25.8. The highest BCUT2D eigenvalue weighted by Gasteiger charge is 2.14. The van der Waals surface area contributed by atoms with Gasteiger partial charge in [0, 0.05) is 41.9 Å². The predicted octanol–water partition coefficient (Wildman–Crippen LogP) is 5.17. The number of non-ortho nitro benzene ring substituents is 1. The summed E-state index contributed by atoms with van der Waals surface area (Å²) in [6.07, 6.45) is 3.99. The fraction of sp³-hybridized carbons (Fsp3) is 0.0882. The van der Waals surface area contributed by atoms with Crippen molar-refractivity contribution in [3.05, 3.63) is 123 Å². The van der Waals surface area contributed by atoms with Crippen LogP contribution in [-0.2, 0) is 9.59 Å². The Morgan fingerprint density at radius 2 is 1.40 bits per heavy atom. The molecule has 48 heavy (non-hydrogen) atoms. The van der Waals surface area contributed by atoms with E-state index < -0.39 is 28.7 Å². The lowest BCUT2D eigenvalue weighted by Gasteiger charge is -2.11. The molecule has 0 aromatic heterocycles. The molecule has 0 aliphatic heterocycles. The van der Waals surface area contributed by atoms with Gasteiger partial charge in [0.15, 0.2) is 23.0 Å². The second kappa shape index (κ2) is 15.9. The van der Waals surface area contributed by atoms with E-state index in [2.05, 4.69) is 15.8 Å². The van der Waals surface area contributed by atoms with E-state index in [9.17, 15) is 29.3 Å². The minimum atomic E-state index is -0.698. The molecule has 0 saturated heterocycles. The Hall–Kier alpha value is -6.83. The molecule has 2 N–H and O–H groups in total. The number of carbonyl (C=O) groups excluding carboxylic acids is 4. The average molecular weight is 653 g/mol. The molecular formula is C34H28N4O10. The Balaban J connectivity index is 1.34. The Kier molecular flexibility index (Phi) is 11.3. The fourth-order valence-electron chi connectivity index (χ4n) is 4.08. The molecule has 4 aromatic carbocycles. The number of carbonyl (C=O) groups is 4. The van der Waals surface area contributed by atoms with Crippen LogP contribution in [0.15, 0.2) is 96.1 Å². The number of rotatable bonds is 12. The molecule has 0 bridgehead atoms. The van der Waals surface area contributed by atoms with Crippen molar-refractivity contribution in [3.63, 3.8) is 0 Å². The predicted molar refractivity (Wildman–Crippen MR) is 175 cm³/mol. The summed E-state index contributed by atoms with van der Waals surface area (Å²) in [5.41, 5.74) is 4.23. The van der Waals surface area contributed by atoms with Gasteiger partial charge in [-0.15, -0.1) is 0 Å². The summed E-state index contributed by atoms with van der Waals surface area (Å²) < 4.78 is 20.9. The molecule has 0 atom stereocenters. The number of hydrogen-bond acceptors (Lipinski definition) is 11. The smallest absolute Gasteiger partial charge is 0.336 e. The van der Waals surface area contributed by atoms with Gasteiger partial charge >= 0.3 is 11.9 Å². The number of hydrogen-bond donors (Lipinski definition) is 2. The second-order valence-electron chi connectivity index (χ2n) is 9.71. The first kappa shape index (κ1) is 34.1. The third-order valence-electron chi connectivity index (χ3n) is 6.36. The molecule has 244 valence electrons. The minimum Gasteiger partial charge on any atom is -0.493 e. The van der Waals surface area contributed by atoms with Crippen LogP contribution in [-0.4, -0.2) is 49.1 Å². The standard InChI is InChI=1S/C34H28N4O10/c1-21(39)47-28-15-11-25(19-31(28)46-3)33(41)36-26-6-4-5-24(18-26)34(42)37-35-20-23-9-14-29(30(17-23)45-2)48-32(40)16-10-22-7-12-27(13-8-22)38(43)44/h4-20H,1-3H3,(H,36,41)(H,37,42)/b16-10+,35-20?. The number of methoxy groups -OCH3 is 2. The molecular weight excluding hydrogens is 624 g/mol. The monoisotopic (exact) mass is 652 g/mol. The van der Waals surface area contributed by atoms with Crippen molar-refractivity contribution in [1.29, 1.82) is 0 Å². The average Bonchev–Trinajstić information content (AvgIpc) is 3.08. The van der Waals surface area contributed by atoms with Crippen molar-refractivity contribution in [2.45, 2.75) is 6.92 Å². The van der Waals surface area contributed by atoms with Crippen LogP contribution < -0.4 is 29.7 Å². The van der Waals surface area contributed by atoms with E-state index >= 15 is 0 Å². The summed E-state index contributed by atoms with van der Waals surface area (Å²) in [5, 5.41) is 17.5. The van der Waals surface area contributed by atoms with Gasteiger partial charge < -0.3 is 24.3 Å². The molecule has 14 heteroatoms. The number of nitrogens with one attached hydrogen (secondary N) is 2. The van der Waals surface area contributed by atoms with Crippen LogP contribution >= 0.6 is 0 Å². The van der Waals surface area contributed by atoms with E-state index in [1.165, 1.54) is 94.1 Å². The van der Waals surface area contributed by atoms with Crippen LogP contribution in [0.3, 0.4) is 0 Å². The first-order valence-corrected chi connectivity index (χ1v) is 14.0. The number of benzene rings is 4.